The molecule has 0 fully saturated rings. The Morgan fingerprint density at radius 2 is 1.52 bits per heavy atom. The first-order valence-electron chi connectivity index (χ1n) is 10.5. The largest absolute Gasteiger partial charge is 0.480 e. The van der Waals surface area contributed by atoms with E-state index in [4.69, 9.17) is 9.84 Å². The molecule has 3 N–H and O–H groups in total. The van der Waals surface area contributed by atoms with Gasteiger partial charge in [0.05, 0.1) is 13.5 Å². The number of carboxylic acids is 1. The molecule has 3 rings (SSSR count). The summed E-state index contributed by atoms with van der Waals surface area (Å²) in [5, 5.41) is 14.0. The van der Waals surface area contributed by atoms with E-state index in [1.807, 2.05) is 48.5 Å². The minimum Gasteiger partial charge on any atom is -0.480 e. The molecule has 2 amide bonds. The quantitative estimate of drug-likeness (QED) is 0.496. The molecule has 9 nitrogen and oxygen atoms in total. The second kappa shape index (κ2) is 10.6. The normalized spacial score (nSPS) is 13.8. The molecule has 0 saturated carbocycles. The standard InChI is InChI=1S/C24H26N2O7/c1-14(11-21(27)26-20(23(29)30)12-22(28)32-2)25-24(31)33-13-19-17-9-5-3-7-15(17)16-8-4-6-10-18(16)19/h3-10,14,19-20H,11-13H2,1-2H3,(H,25,31)(H,26,27)(H,29,30)/t14-,20-/m0/s1. The second-order valence-corrected chi connectivity index (χ2v) is 7.81. The smallest absolute Gasteiger partial charge is 0.407 e. The Morgan fingerprint density at radius 1 is 0.939 bits per heavy atom. The Bertz CT molecular complexity index is 1010. The molecule has 174 valence electrons. The minimum absolute atomic E-state index is 0.0867. The molecule has 33 heavy (non-hydrogen) atoms. The zero-order chi connectivity index (χ0) is 24.0. The lowest BCUT2D eigenvalue weighted by Gasteiger charge is -2.18. The summed E-state index contributed by atoms with van der Waals surface area (Å²) in [6, 6.07) is 13.9. The number of ether oxygens (including phenoxy) is 2. The number of hydrogen-bond donors (Lipinski definition) is 3. The van der Waals surface area contributed by atoms with Gasteiger partial charge in [-0.3, -0.25) is 9.59 Å². The van der Waals surface area contributed by atoms with Crippen molar-refractivity contribution < 1.29 is 33.8 Å². The molecule has 2 atom stereocenters. The van der Waals surface area contributed by atoms with Crippen molar-refractivity contribution in [2.24, 2.45) is 0 Å². The summed E-state index contributed by atoms with van der Waals surface area (Å²) in [5.74, 6) is -2.83. The van der Waals surface area contributed by atoms with Crippen molar-refractivity contribution in [1.29, 1.82) is 0 Å². The van der Waals surface area contributed by atoms with Crippen LogP contribution in [0.5, 0.6) is 0 Å². The SMILES string of the molecule is COC(=O)C[C@H](NC(=O)C[C@H](C)NC(=O)OCC1c2ccccc2-c2ccccc21)C(=O)O. The van der Waals surface area contributed by atoms with Gasteiger partial charge in [-0.2, -0.15) is 0 Å². The maximum atomic E-state index is 12.3. The van der Waals surface area contributed by atoms with Crippen molar-refractivity contribution in [2.45, 2.75) is 37.8 Å². The van der Waals surface area contributed by atoms with Crippen LogP contribution in [-0.2, 0) is 23.9 Å². The highest BCUT2D eigenvalue weighted by atomic mass is 16.5. The number of carbonyl (C=O) groups excluding carboxylic acids is 3. The number of hydrogen-bond acceptors (Lipinski definition) is 6. The number of carboxylic acid groups (broad SMARTS) is 1. The van der Waals surface area contributed by atoms with E-state index >= 15 is 0 Å². The molecule has 1 aliphatic rings. The molecule has 0 unspecified atom stereocenters. The van der Waals surface area contributed by atoms with Gasteiger partial charge in [0.15, 0.2) is 0 Å². The molecular weight excluding hydrogens is 428 g/mol. The van der Waals surface area contributed by atoms with E-state index in [0.717, 1.165) is 29.4 Å². The highest BCUT2D eigenvalue weighted by Gasteiger charge is 2.29. The third kappa shape index (κ3) is 5.88. The van der Waals surface area contributed by atoms with Gasteiger partial charge in [0, 0.05) is 18.4 Å². The van der Waals surface area contributed by atoms with E-state index in [1.165, 1.54) is 0 Å². The first-order chi connectivity index (χ1) is 15.8. The number of carbonyl (C=O) groups is 4. The second-order valence-electron chi connectivity index (χ2n) is 7.81. The topological polar surface area (TPSA) is 131 Å². The highest BCUT2D eigenvalue weighted by Crippen LogP contribution is 2.44. The average Bonchev–Trinajstić information content (AvgIpc) is 3.10. The Labute approximate surface area is 191 Å². The molecule has 2 aromatic rings. The number of fused-ring (bicyclic) bond motifs is 3. The van der Waals surface area contributed by atoms with Crippen LogP contribution in [0.2, 0.25) is 0 Å². The van der Waals surface area contributed by atoms with Crippen LogP contribution < -0.4 is 10.6 Å². The Morgan fingerprint density at radius 3 is 2.06 bits per heavy atom. The van der Waals surface area contributed by atoms with E-state index in [2.05, 4.69) is 15.4 Å². The fourth-order valence-electron chi connectivity index (χ4n) is 3.87. The predicted octanol–water partition coefficient (Wildman–Crippen LogP) is 2.44. The molecular formula is C24H26N2O7. The van der Waals surface area contributed by atoms with E-state index in [9.17, 15) is 19.2 Å². The average molecular weight is 454 g/mol. The van der Waals surface area contributed by atoms with Crippen LogP contribution in [-0.4, -0.2) is 54.8 Å². The molecule has 0 saturated heterocycles. The van der Waals surface area contributed by atoms with Crippen LogP contribution in [0.3, 0.4) is 0 Å². The van der Waals surface area contributed by atoms with Crippen molar-refractivity contribution in [2.75, 3.05) is 13.7 Å². The minimum atomic E-state index is -1.41. The van der Waals surface area contributed by atoms with Crippen LogP contribution in [0.1, 0.15) is 36.8 Å². The number of aliphatic carboxylic acids is 1. The number of amides is 2. The number of rotatable bonds is 9. The van der Waals surface area contributed by atoms with Gasteiger partial charge in [-0.25, -0.2) is 9.59 Å². The monoisotopic (exact) mass is 454 g/mol. The van der Waals surface area contributed by atoms with E-state index < -0.39 is 42.4 Å². The Kier molecular flexibility index (Phi) is 7.66. The lowest BCUT2D eigenvalue weighted by Crippen LogP contribution is -2.45. The van der Waals surface area contributed by atoms with Gasteiger partial charge >= 0.3 is 18.0 Å². The molecule has 1 aliphatic carbocycles. The summed E-state index contributed by atoms with van der Waals surface area (Å²) in [4.78, 5) is 47.0. The fraction of sp³-hybridized carbons (Fsp3) is 0.333. The Hall–Kier alpha value is -3.88. The lowest BCUT2D eigenvalue weighted by molar-refractivity contribution is -0.148. The van der Waals surface area contributed by atoms with Gasteiger partial charge < -0.3 is 25.2 Å². The van der Waals surface area contributed by atoms with Crippen molar-refractivity contribution in [3.05, 3.63) is 59.7 Å². The number of nitrogens with one attached hydrogen (secondary N) is 2. The van der Waals surface area contributed by atoms with Gasteiger partial charge in [-0.15, -0.1) is 0 Å². The van der Waals surface area contributed by atoms with Crippen LogP contribution in [0.25, 0.3) is 11.1 Å². The zero-order valence-corrected chi connectivity index (χ0v) is 18.4. The first-order valence-corrected chi connectivity index (χ1v) is 10.5. The summed E-state index contributed by atoms with van der Waals surface area (Å²) in [6.07, 6.45) is -1.36. The molecule has 0 radical (unpaired) electrons. The van der Waals surface area contributed by atoms with E-state index in [-0.39, 0.29) is 18.9 Å². The number of alkyl carbamates (subject to hydrolysis) is 1. The van der Waals surface area contributed by atoms with Gasteiger partial charge in [0.1, 0.15) is 12.6 Å². The number of benzene rings is 2. The summed E-state index contributed by atoms with van der Waals surface area (Å²) in [5.41, 5.74) is 4.41. The summed E-state index contributed by atoms with van der Waals surface area (Å²) in [7, 11) is 1.13. The lowest BCUT2D eigenvalue weighted by atomic mass is 9.98. The first kappa shape index (κ1) is 23.8. The third-order valence-corrected chi connectivity index (χ3v) is 5.43. The Balaban J connectivity index is 1.51. The molecule has 0 bridgehead atoms. The number of methoxy groups -OCH3 is 1. The number of esters is 1. The molecule has 0 aliphatic heterocycles. The molecule has 0 heterocycles. The van der Waals surface area contributed by atoms with Gasteiger partial charge in [-0.05, 0) is 29.2 Å². The van der Waals surface area contributed by atoms with Gasteiger partial charge in [-0.1, -0.05) is 48.5 Å². The molecule has 9 heteroatoms. The maximum absolute atomic E-state index is 12.3. The van der Waals surface area contributed by atoms with Crippen molar-refractivity contribution >= 4 is 23.9 Å². The van der Waals surface area contributed by atoms with E-state index in [0.29, 0.717) is 0 Å². The van der Waals surface area contributed by atoms with E-state index in [1.54, 1.807) is 6.92 Å². The van der Waals surface area contributed by atoms with Crippen molar-refractivity contribution in [3.8, 4) is 11.1 Å². The van der Waals surface area contributed by atoms with Crippen LogP contribution in [0, 0.1) is 0 Å². The van der Waals surface area contributed by atoms with Crippen molar-refractivity contribution in [1.82, 2.24) is 10.6 Å². The van der Waals surface area contributed by atoms with Crippen LogP contribution in [0.15, 0.2) is 48.5 Å². The summed E-state index contributed by atoms with van der Waals surface area (Å²) in [6.45, 7) is 1.73. The molecule has 2 aromatic carbocycles. The van der Waals surface area contributed by atoms with Crippen LogP contribution >= 0.6 is 0 Å². The molecule has 0 aromatic heterocycles. The zero-order valence-electron chi connectivity index (χ0n) is 18.4. The highest BCUT2D eigenvalue weighted by molar-refractivity contribution is 5.87. The fourth-order valence-corrected chi connectivity index (χ4v) is 3.87. The van der Waals surface area contributed by atoms with Crippen LogP contribution in [0.4, 0.5) is 4.79 Å². The van der Waals surface area contributed by atoms with Gasteiger partial charge in [0.2, 0.25) is 5.91 Å². The third-order valence-electron chi connectivity index (χ3n) is 5.43. The summed E-state index contributed by atoms with van der Waals surface area (Å²) >= 11 is 0. The summed E-state index contributed by atoms with van der Waals surface area (Å²) < 4.78 is 9.87. The van der Waals surface area contributed by atoms with Gasteiger partial charge in [0.25, 0.3) is 0 Å². The molecule has 0 spiro atoms. The maximum Gasteiger partial charge on any atom is 0.407 e. The predicted molar refractivity (Wildman–Crippen MR) is 118 cm³/mol. The van der Waals surface area contributed by atoms with Crippen molar-refractivity contribution in [3.63, 3.8) is 0 Å².